The zero-order chi connectivity index (χ0) is 13.1. The number of aromatic nitrogens is 2. The Morgan fingerprint density at radius 1 is 1.39 bits per heavy atom. The first-order valence-electron chi connectivity index (χ1n) is 6.22. The summed E-state index contributed by atoms with van der Waals surface area (Å²) in [4.78, 5) is 0. The van der Waals surface area contributed by atoms with Gasteiger partial charge in [0.2, 0.25) is 0 Å². The Morgan fingerprint density at radius 2 is 2.17 bits per heavy atom. The van der Waals surface area contributed by atoms with E-state index < -0.39 is 0 Å². The fourth-order valence-electron chi connectivity index (χ4n) is 1.90. The first kappa shape index (κ1) is 13.0. The fourth-order valence-corrected chi connectivity index (χ4v) is 2.76. The van der Waals surface area contributed by atoms with Crippen LogP contribution in [-0.2, 0) is 13.1 Å². The molecule has 2 aromatic heterocycles. The summed E-state index contributed by atoms with van der Waals surface area (Å²) in [5, 5.41) is 12.2. The molecule has 0 aliphatic rings. The molecule has 0 fully saturated rings. The summed E-state index contributed by atoms with van der Waals surface area (Å²) in [6.07, 6.45) is 1.05. The van der Waals surface area contributed by atoms with E-state index in [0.29, 0.717) is 0 Å². The summed E-state index contributed by atoms with van der Waals surface area (Å²) in [6.45, 7) is 7.91. The molecule has 4 nitrogen and oxygen atoms in total. The van der Waals surface area contributed by atoms with Crippen molar-refractivity contribution in [2.24, 2.45) is 0 Å². The van der Waals surface area contributed by atoms with Crippen molar-refractivity contribution < 1.29 is 0 Å². The summed E-state index contributed by atoms with van der Waals surface area (Å²) >= 11 is 1.73. The molecule has 5 heteroatoms. The number of anilines is 2. The van der Waals surface area contributed by atoms with Gasteiger partial charge in [0, 0.05) is 13.1 Å². The van der Waals surface area contributed by atoms with Crippen molar-refractivity contribution in [1.82, 2.24) is 9.78 Å². The monoisotopic (exact) mass is 264 g/mol. The number of nitrogen functional groups attached to an aromatic ring is 1. The zero-order valence-corrected chi connectivity index (χ0v) is 12.0. The van der Waals surface area contributed by atoms with Crippen LogP contribution in [0.3, 0.4) is 0 Å². The molecule has 0 spiro atoms. The quantitative estimate of drug-likeness (QED) is 0.872. The lowest BCUT2D eigenvalue weighted by Gasteiger charge is -2.10. The molecule has 3 N–H and O–H groups in total. The van der Waals surface area contributed by atoms with Crippen LogP contribution in [0.2, 0.25) is 0 Å². The van der Waals surface area contributed by atoms with Crippen LogP contribution in [0, 0.1) is 13.8 Å². The van der Waals surface area contributed by atoms with Gasteiger partial charge < -0.3 is 11.1 Å². The molecule has 2 aromatic rings. The maximum atomic E-state index is 6.07. The average molecular weight is 264 g/mol. The smallest absolute Gasteiger partial charge is 0.148 e. The van der Waals surface area contributed by atoms with Crippen molar-refractivity contribution >= 4 is 22.8 Å². The van der Waals surface area contributed by atoms with E-state index in [2.05, 4.69) is 35.0 Å². The van der Waals surface area contributed by atoms with E-state index in [4.69, 9.17) is 5.73 Å². The lowest BCUT2D eigenvalue weighted by atomic mass is 10.2. The number of hydrogen-bond acceptors (Lipinski definition) is 4. The van der Waals surface area contributed by atoms with Crippen LogP contribution in [0.25, 0.3) is 0 Å². The normalized spacial score (nSPS) is 10.8. The summed E-state index contributed by atoms with van der Waals surface area (Å²) < 4.78 is 1.96. The second kappa shape index (κ2) is 5.44. The maximum Gasteiger partial charge on any atom is 0.148 e. The molecule has 98 valence electrons. The Hall–Kier alpha value is -1.49. The van der Waals surface area contributed by atoms with E-state index in [-0.39, 0.29) is 0 Å². The van der Waals surface area contributed by atoms with Gasteiger partial charge in [-0.05, 0) is 42.2 Å². The highest BCUT2D eigenvalue weighted by molar-refractivity contribution is 7.08. The molecule has 0 aliphatic heterocycles. The van der Waals surface area contributed by atoms with Crippen LogP contribution in [0.5, 0.6) is 0 Å². The Balaban J connectivity index is 2.15. The molecule has 2 heterocycles. The van der Waals surface area contributed by atoms with Crippen molar-refractivity contribution in [3.05, 3.63) is 27.6 Å². The molecule has 0 amide bonds. The third-order valence-electron chi connectivity index (χ3n) is 3.02. The molecule has 0 atom stereocenters. The Kier molecular flexibility index (Phi) is 3.91. The summed E-state index contributed by atoms with van der Waals surface area (Å²) in [6, 6.07) is 0. The third kappa shape index (κ3) is 2.51. The van der Waals surface area contributed by atoms with E-state index >= 15 is 0 Å². The minimum atomic E-state index is 0.760. The number of rotatable bonds is 5. The molecular formula is C13H20N4S. The fraction of sp³-hybridized carbons (Fsp3) is 0.462. The zero-order valence-electron chi connectivity index (χ0n) is 11.2. The second-order valence-electron chi connectivity index (χ2n) is 4.50. The van der Waals surface area contributed by atoms with Gasteiger partial charge in [0.15, 0.2) is 0 Å². The topological polar surface area (TPSA) is 55.9 Å². The third-order valence-corrected chi connectivity index (χ3v) is 3.93. The highest BCUT2D eigenvalue weighted by Gasteiger charge is 2.11. The summed E-state index contributed by atoms with van der Waals surface area (Å²) in [7, 11) is 0. The van der Waals surface area contributed by atoms with Gasteiger partial charge in [0.1, 0.15) is 5.82 Å². The van der Waals surface area contributed by atoms with E-state index in [1.165, 1.54) is 11.1 Å². The van der Waals surface area contributed by atoms with Crippen molar-refractivity contribution in [2.75, 3.05) is 11.1 Å². The van der Waals surface area contributed by atoms with Gasteiger partial charge in [-0.2, -0.15) is 16.4 Å². The summed E-state index contributed by atoms with van der Waals surface area (Å²) in [5.41, 5.74) is 10.4. The lowest BCUT2D eigenvalue weighted by molar-refractivity contribution is 0.603. The van der Waals surface area contributed by atoms with Gasteiger partial charge >= 0.3 is 0 Å². The largest absolute Gasteiger partial charge is 0.394 e. The molecule has 0 aliphatic carbocycles. The molecule has 2 rings (SSSR count). The van der Waals surface area contributed by atoms with Crippen LogP contribution in [0.4, 0.5) is 11.5 Å². The highest BCUT2D eigenvalue weighted by Crippen LogP contribution is 2.24. The predicted molar refractivity (Wildman–Crippen MR) is 78.1 cm³/mol. The van der Waals surface area contributed by atoms with Gasteiger partial charge in [-0.25, -0.2) is 4.68 Å². The number of nitrogens with zero attached hydrogens (tertiary/aromatic N) is 2. The van der Waals surface area contributed by atoms with Crippen molar-refractivity contribution in [2.45, 2.75) is 40.3 Å². The van der Waals surface area contributed by atoms with E-state index in [9.17, 15) is 0 Å². The molecule has 18 heavy (non-hydrogen) atoms. The Bertz CT molecular complexity index is 527. The number of aryl methyl sites for hydroxylation is 3. The highest BCUT2D eigenvalue weighted by atomic mass is 32.1. The van der Waals surface area contributed by atoms with Crippen LogP contribution in [0.1, 0.15) is 30.2 Å². The lowest BCUT2D eigenvalue weighted by Crippen LogP contribution is -2.09. The first-order chi connectivity index (χ1) is 8.63. The molecule has 0 radical (unpaired) electrons. The van der Waals surface area contributed by atoms with Crippen molar-refractivity contribution in [3.63, 3.8) is 0 Å². The maximum absolute atomic E-state index is 6.07. The van der Waals surface area contributed by atoms with Crippen LogP contribution in [0.15, 0.2) is 10.8 Å². The second-order valence-corrected chi connectivity index (χ2v) is 5.25. The Labute approximate surface area is 112 Å². The predicted octanol–water partition coefficient (Wildman–Crippen LogP) is 3.17. The van der Waals surface area contributed by atoms with Gasteiger partial charge in [-0.3, -0.25) is 0 Å². The molecule has 0 saturated heterocycles. The number of nitrogens with two attached hydrogens (primary N) is 1. The van der Waals surface area contributed by atoms with E-state index in [0.717, 1.165) is 36.7 Å². The summed E-state index contributed by atoms with van der Waals surface area (Å²) in [5.74, 6) is 0.944. The van der Waals surface area contributed by atoms with Crippen molar-refractivity contribution in [3.8, 4) is 0 Å². The van der Waals surface area contributed by atoms with Crippen LogP contribution < -0.4 is 11.1 Å². The molecule has 0 saturated carbocycles. The Morgan fingerprint density at radius 3 is 2.78 bits per heavy atom. The first-order valence-corrected chi connectivity index (χ1v) is 7.16. The molecular weight excluding hydrogens is 244 g/mol. The minimum absolute atomic E-state index is 0.760. The SMILES string of the molecule is CCCn1nc(C)c(N)c1NCc1cscc1C. The van der Waals surface area contributed by atoms with Crippen molar-refractivity contribution in [1.29, 1.82) is 0 Å². The standard InChI is InChI=1S/C13H20N4S/c1-4-5-17-13(12(14)10(3)16-17)15-6-11-8-18-7-9(11)2/h7-8,15H,4-6,14H2,1-3H3. The average Bonchev–Trinajstić information content (AvgIpc) is 2.85. The minimum Gasteiger partial charge on any atom is -0.394 e. The number of hydrogen-bond donors (Lipinski definition) is 2. The van der Waals surface area contributed by atoms with Crippen LogP contribution in [-0.4, -0.2) is 9.78 Å². The van der Waals surface area contributed by atoms with Crippen LogP contribution >= 0.6 is 11.3 Å². The number of nitrogens with one attached hydrogen (secondary N) is 1. The molecule has 0 bridgehead atoms. The van der Waals surface area contributed by atoms with Gasteiger partial charge in [0.25, 0.3) is 0 Å². The van der Waals surface area contributed by atoms with Gasteiger partial charge in [-0.1, -0.05) is 6.92 Å². The van der Waals surface area contributed by atoms with Gasteiger partial charge in [-0.15, -0.1) is 0 Å². The van der Waals surface area contributed by atoms with E-state index in [1.807, 2.05) is 11.6 Å². The van der Waals surface area contributed by atoms with E-state index in [1.54, 1.807) is 11.3 Å². The van der Waals surface area contributed by atoms with Gasteiger partial charge in [0.05, 0.1) is 11.4 Å². The number of thiophene rings is 1. The molecule has 0 aromatic carbocycles. The molecule has 0 unspecified atom stereocenters.